The lowest BCUT2D eigenvalue weighted by Gasteiger charge is -2.25. The van der Waals surface area contributed by atoms with Gasteiger partial charge in [0.2, 0.25) is 0 Å². The topological polar surface area (TPSA) is 28.2 Å². The zero-order valence-electron chi connectivity index (χ0n) is 12.4. The van der Waals surface area contributed by atoms with Gasteiger partial charge in [-0.1, -0.05) is 20.3 Å². The molecular weight excluding hydrogens is 242 g/mol. The lowest BCUT2D eigenvalue weighted by Crippen LogP contribution is -2.31. The van der Waals surface area contributed by atoms with Crippen molar-refractivity contribution in [3.05, 3.63) is 10.6 Å². The van der Waals surface area contributed by atoms with Crippen molar-refractivity contribution in [3.8, 4) is 0 Å². The molecule has 104 valence electrons. The molecule has 0 aliphatic rings. The number of thiazole rings is 1. The van der Waals surface area contributed by atoms with Crippen LogP contribution in [0.2, 0.25) is 0 Å². The van der Waals surface area contributed by atoms with Crippen molar-refractivity contribution in [2.45, 2.75) is 59.5 Å². The fourth-order valence-corrected chi connectivity index (χ4v) is 3.32. The van der Waals surface area contributed by atoms with Crippen molar-refractivity contribution in [2.75, 3.05) is 18.5 Å². The highest BCUT2D eigenvalue weighted by Crippen LogP contribution is 2.28. The van der Waals surface area contributed by atoms with E-state index in [2.05, 4.69) is 37.9 Å². The molecule has 0 atom stereocenters. The van der Waals surface area contributed by atoms with Crippen LogP contribution in [0.5, 0.6) is 0 Å². The highest BCUT2D eigenvalue weighted by molar-refractivity contribution is 7.15. The summed E-state index contributed by atoms with van der Waals surface area (Å²) in [7, 11) is 2.00. The fraction of sp³-hybridized carbons (Fsp3) is 0.786. The highest BCUT2D eigenvalue weighted by Gasteiger charge is 2.17. The number of nitrogens with one attached hydrogen (secondary N) is 1. The van der Waals surface area contributed by atoms with Crippen LogP contribution in [-0.2, 0) is 13.0 Å². The predicted octanol–water partition coefficient (Wildman–Crippen LogP) is 3.44. The van der Waals surface area contributed by atoms with E-state index in [0.29, 0.717) is 6.04 Å². The molecule has 0 saturated carbocycles. The molecule has 0 amide bonds. The van der Waals surface area contributed by atoms with E-state index in [1.165, 1.54) is 22.1 Å². The Kier molecular flexibility index (Phi) is 6.65. The molecule has 0 aliphatic heterocycles. The second-order valence-electron chi connectivity index (χ2n) is 4.93. The molecule has 0 spiro atoms. The zero-order chi connectivity index (χ0) is 13.5. The van der Waals surface area contributed by atoms with Gasteiger partial charge in [-0.05, 0) is 33.7 Å². The predicted molar refractivity (Wildman–Crippen MR) is 81.6 cm³/mol. The van der Waals surface area contributed by atoms with Gasteiger partial charge in [-0.15, -0.1) is 11.3 Å². The summed E-state index contributed by atoms with van der Waals surface area (Å²) in [6.45, 7) is 11.0. The number of aryl methyl sites for hydroxylation is 1. The molecule has 1 N–H and O–H groups in total. The van der Waals surface area contributed by atoms with E-state index in [-0.39, 0.29) is 0 Å². The summed E-state index contributed by atoms with van der Waals surface area (Å²) in [4.78, 5) is 8.68. The lowest BCUT2D eigenvalue weighted by atomic mass is 10.2. The fourth-order valence-electron chi connectivity index (χ4n) is 2.04. The number of anilines is 1. The average Bonchev–Trinajstić information content (AvgIpc) is 2.70. The van der Waals surface area contributed by atoms with Crippen LogP contribution in [-0.4, -0.2) is 24.6 Å². The Morgan fingerprint density at radius 3 is 2.50 bits per heavy atom. The van der Waals surface area contributed by atoms with E-state index in [0.717, 1.165) is 25.9 Å². The first kappa shape index (κ1) is 15.4. The van der Waals surface area contributed by atoms with Gasteiger partial charge in [0.25, 0.3) is 0 Å². The molecule has 0 saturated heterocycles. The second-order valence-corrected chi connectivity index (χ2v) is 6.00. The normalized spacial score (nSPS) is 11.2. The third-order valence-electron chi connectivity index (χ3n) is 2.92. The molecule has 4 heteroatoms. The van der Waals surface area contributed by atoms with E-state index >= 15 is 0 Å². The first-order valence-corrected chi connectivity index (χ1v) is 7.85. The zero-order valence-corrected chi connectivity index (χ0v) is 13.2. The SMILES string of the molecule is CCCc1nc(N(CCC)C(C)C)sc1CNC. The first-order chi connectivity index (χ1) is 8.63. The van der Waals surface area contributed by atoms with Crippen LogP contribution in [0.1, 0.15) is 51.1 Å². The van der Waals surface area contributed by atoms with Crippen molar-refractivity contribution in [1.29, 1.82) is 0 Å². The Morgan fingerprint density at radius 1 is 1.28 bits per heavy atom. The van der Waals surface area contributed by atoms with Crippen LogP contribution < -0.4 is 10.2 Å². The molecule has 1 rings (SSSR count). The number of hydrogen-bond donors (Lipinski definition) is 1. The maximum Gasteiger partial charge on any atom is 0.186 e. The molecule has 0 aromatic carbocycles. The van der Waals surface area contributed by atoms with Crippen molar-refractivity contribution >= 4 is 16.5 Å². The van der Waals surface area contributed by atoms with Crippen LogP contribution in [0.25, 0.3) is 0 Å². The quantitative estimate of drug-likeness (QED) is 0.783. The largest absolute Gasteiger partial charge is 0.346 e. The summed E-state index contributed by atoms with van der Waals surface area (Å²) in [5.74, 6) is 0. The smallest absolute Gasteiger partial charge is 0.186 e. The molecule has 18 heavy (non-hydrogen) atoms. The summed E-state index contributed by atoms with van der Waals surface area (Å²) in [6, 6.07) is 0.521. The van der Waals surface area contributed by atoms with E-state index in [1.54, 1.807) is 0 Å². The Hall–Kier alpha value is -0.610. The van der Waals surface area contributed by atoms with Gasteiger partial charge in [0, 0.05) is 24.0 Å². The minimum Gasteiger partial charge on any atom is -0.346 e. The van der Waals surface area contributed by atoms with E-state index < -0.39 is 0 Å². The van der Waals surface area contributed by atoms with Gasteiger partial charge in [0.1, 0.15) is 0 Å². The molecule has 3 nitrogen and oxygen atoms in total. The minimum absolute atomic E-state index is 0.521. The second kappa shape index (κ2) is 7.74. The standard InChI is InChI=1S/C14H27N3S/c1-6-8-12-13(10-15-5)18-14(16-12)17(9-7-2)11(3)4/h11,15H,6-10H2,1-5H3. The molecule has 1 heterocycles. The molecule has 0 bridgehead atoms. The maximum absolute atomic E-state index is 4.86. The van der Waals surface area contributed by atoms with E-state index in [1.807, 2.05) is 18.4 Å². The van der Waals surface area contributed by atoms with Gasteiger partial charge in [0.05, 0.1) is 5.69 Å². The number of hydrogen-bond acceptors (Lipinski definition) is 4. The van der Waals surface area contributed by atoms with Crippen molar-refractivity contribution < 1.29 is 0 Å². The van der Waals surface area contributed by atoms with Crippen molar-refractivity contribution in [2.24, 2.45) is 0 Å². The van der Waals surface area contributed by atoms with Crippen molar-refractivity contribution in [1.82, 2.24) is 10.3 Å². The van der Waals surface area contributed by atoms with Gasteiger partial charge in [-0.2, -0.15) is 0 Å². The van der Waals surface area contributed by atoms with Gasteiger partial charge >= 0.3 is 0 Å². The minimum atomic E-state index is 0.521. The van der Waals surface area contributed by atoms with Crippen LogP contribution in [0.3, 0.4) is 0 Å². The summed E-state index contributed by atoms with van der Waals surface area (Å²) in [5.41, 5.74) is 1.29. The number of rotatable bonds is 8. The van der Waals surface area contributed by atoms with Gasteiger partial charge in [-0.25, -0.2) is 4.98 Å². The highest BCUT2D eigenvalue weighted by atomic mass is 32.1. The summed E-state index contributed by atoms with van der Waals surface area (Å²) >= 11 is 1.85. The van der Waals surface area contributed by atoms with Crippen LogP contribution in [0, 0.1) is 0 Å². The first-order valence-electron chi connectivity index (χ1n) is 7.03. The molecule has 1 aromatic rings. The molecule has 0 unspecified atom stereocenters. The summed E-state index contributed by atoms with van der Waals surface area (Å²) < 4.78 is 0. The van der Waals surface area contributed by atoms with Gasteiger partial charge in [0.15, 0.2) is 5.13 Å². The van der Waals surface area contributed by atoms with Crippen LogP contribution in [0.15, 0.2) is 0 Å². The Bertz CT molecular complexity index is 323. The lowest BCUT2D eigenvalue weighted by molar-refractivity contribution is 0.667. The molecular formula is C14H27N3S. The van der Waals surface area contributed by atoms with Crippen LogP contribution >= 0.6 is 11.3 Å². The summed E-state index contributed by atoms with van der Waals surface area (Å²) in [6.07, 6.45) is 3.42. The molecule has 0 fully saturated rings. The Balaban J connectivity index is 2.96. The van der Waals surface area contributed by atoms with E-state index in [9.17, 15) is 0 Å². The summed E-state index contributed by atoms with van der Waals surface area (Å²) in [5, 5.41) is 4.44. The third kappa shape index (κ3) is 3.95. The van der Waals surface area contributed by atoms with Gasteiger partial charge < -0.3 is 10.2 Å². The number of aromatic nitrogens is 1. The molecule has 0 aliphatic carbocycles. The average molecular weight is 269 g/mol. The Labute approximate surface area is 116 Å². The van der Waals surface area contributed by atoms with E-state index in [4.69, 9.17) is 4.98 Å². The number of nitrogens with zero attached hydrogens (tertiary/aromatic N) is 2. The monoisotopic (exact) mass is 269 g/mol. The van der Waals surface area contributed by atoms with Crippen molar-refractivity contribution in [3.63, 3.8) is 0 Å². The Morgan fingerprint density at radius 2 is 2.00 bits per heavy atom. The molecule has 0 radical (unpaired) electrons. The molecule has 1 aromatic heterocycles. The van der Waals surface area contributed by atoms with Gasteiger partial charge in [-0.3, -0.25) is 0 Å². The maximum atomic E-state index is 4.86. The van der Waals surface area contributed by atoms with Crippen LogP contribution in [0.4, 0.5) is 5.13 Å². The third-order valence-corrected chi connectivity index (χ3v) is 4.06.